The zero-order valence-electron chi connectivity index (χ0n) is 16.9. The minimum atomic E-state index is -4.01. The molecule has 4 aromatic rings. The smallest absolute Gasteiger partial charge is 0.264 e. The molecule has 0 aliphatic heterocycles. The third kappa shape index (κ3) is 4.67. The summed E-state index contributed by atoms with van der Waals surface area (Å²) in [7, 11) is -4.01. The lowest BCUT2D eigenvalue weighted by Crippen LogP contribution is -2.28. The van der Waals surface area contributed by atoms with E-state index in [2.05, 4.69) is 15.5 Å². The molecule has 164 valence electrons. The molecule has 11 heteroatoms. The first kappa shape index (κ1) is 22.0. The fraction of sp³-hybridized carbons (Fsp3) is 0.0952. The Hall–Kier alpha value is -3.21. The van der Waals surface area contributed by atoms with Gasteiger partial charge in [0, 0.05) is 12.5 Å². The molecule has 1 amide bonds. The Labute approximate surface area is 193 Å². The molecule has 2 heterocycles. The molecule has 0 saturated carbocycles. The van der Waals surface area contributed by atoms with Crippen LogP contribution in [0.4, 0.5) is 5.13 Å². The number of aromatic nitrogens is 1. The van der Waals surface area contributed by atoms with Gasteiger partial charge in [-0.05, 0) is 49.4 Å². The molecule has 0 atom stereocenters. The summed E-state index contributed by atoms with van der Waals surface area (Å²) in [6.45, 7) is 2.89. The van der Waals surface area contributed by atoms with Crippen molar-refractivity contribution in [3.63, 3.8) is 0 Å². The monoisotopic (exact) mass is 488 g/mol. The maximum atomic E-state index is 12.3. The number of anilines is 1. The number of thiazole rings is 1. The number of furan rings is 1. The summed E-state index contributed by atoms with van der Waals surface area (Å²) in [5.74, 6) is 0.147. The van der Waals surface area contributed by atoms with E-state index in [1.54, 1.807) is 19.1 Å². The summed E-state index contributed by atoms with van der Waals surface area (Å²) in [6, 6.07) is 15.3. The zero-order valence-corrected chi connectivity index (χ0v) is 19.3. The van der Waals surface area contributed by atoms with E-state index >= 15 is 0 Å². The van der Waals surface area contributed by atoms with Crippen LogP contribution in [-0.4, -0.2) is 25.0 Å². The number of benzene rings is 2. The molecule has 2 N–H and O–H groups in total. The van der Waals surface area contributed by atoms with Crippen molar-refractivity contribution in [2.45, 2.75) is 18.7 Å². The molecular weight excluding hydrogens is 472 g/mol. The Morgan fingerprint density at radius 2 is 1.91 bits per heavy atom. The molecule has 0 aliphatic carbocycles. The van der Waals surface area contributed by atoms with Gasteiger partial charge in [0.05, 0.1) is 20.1 Å². The maximum absolute atomic E-state index is 12.3. The largest absolute Gasteiger partial charge is 0.455 e. The zero-order chi connectivity index (χ0) is 22.9. The fourth-order valence-corrected chi connectivity index (χ4v) is 4.93. The second-order valence-electron chi connectivity index (χ2n) is 6.76. The fourth-order valence-electron chi connectivity index (χ4n) is 2.89. The first-order valence-electron chi connectivity index (χ1n) is 9.32. The van der Waals surface area contributed by atoms with E-state index in [9.17, 15) is 13.2 Å². The van der Waals surface area contributed by atoms with E-state index in [0.29, 0.717) is 32.9 Å². The number of nitrogens with zero attached hydrogens (tertiary/aromatic N) is 2. The van der Waals surface area contributed by atoms with Crippen molar-refractivity contribution in [1.82, 2.24) is 9.71 Å². The minimum Gasteiger partial charge on any atom is -0.455 e. The second kappa shape index (κ2) is 8.73. The molecular formula is C21H17ClN4O4S2. The predicted octanol–water partition coefficient (Wildman–Crippen LogP) is 4.87. The topological polar surface area (TPSA) is 114 Å². The van der Waals surface area contributed by atoms with Crippen molar-refractivity contribution < 1.29 is 17.6 Å². The minimum absolute atomic E-state index is 0.104. The maximum Gasteiger partial charge on any atom is 0.264 e. The van der Waals surface area contributed by atoms with Crippen molar-refractivity contribution in [2.75, 3.05) is 5.43 Å². The van der Waals surface area contributed by atoms with Crippen LogP contribution in [0.1, 0.15) is 19.6 Å². The van der Waals surface area contributed by atoms with Gasteiger partial charge in [-0.1, -0.05) is 35.1 Å². The summed E-state index contributed by atoms with van der Waals surface area (Å²) in [6.07, 6.45) is 0. The lowest BCUT2D eigenvalue weighted by molar-refractivity contribution is -0.117. The number of para-hydroxylation sites is 1. The Kier molecular flexibility index (Phi) is 6.00. The number of carbonyl (C=O) groups is 1. The molecule has 2 aromatic heterocycles. The highest BCUT2D eigenvalue weighted by Crippen LogP contribution is 2.32. The van der Waals surface area contributed by atoms with Crippen LogP contribution in [0, 0.1) is 0 Å². The standard InChI is InChI=1S/C21H17ClN4O4S2/c1-12(24-25-21-23-17-5-3-4-6-20(17)31-21)18-9-10-19(30-18)15-11-14(7-8-16(15)22)32(28,29)26-13(2)27/h3-11H,1-2H3,(H,23,25)(H,26,27). The highest BCUT2D eigenvalue weighted by molar-refractivity contribution is 7.90. The number of hydrazone groups is 1. The quantitative estimate of drug-likeness (QED) is 0.295. The van der Waals surface area contributed by atoms with Crippen molar-refractivity contribution >= 4 is 59.9 Å². The van der Waals surface area contributed by atoms with Gasteiger partial charge in [0.2, 0.25) is 11.0 Å². The van der Waals surface area contributed by atoms with Gasteiger partial charge in [-0.3, -0.25) is 10.2 Å². The third-order valence-corrected chi connectivity index (χ3v) is 7.07. The van der Waals surface area contributed by atoms with Crippen LogP contribution >= 0.6 is 22.9 Å². The first-order chi connectivity index (χ1) is 15.2. The Balaban J connectivity index is 1.58. The van der Waals surface area contributed by atoms with Crippen molar-refractivity contribution in [1.29, 1.82) is 0 Å². The van der Waals surface area contributed by atoms with Gasteiger partial charge >= 0.3 is 0 Å². The summed E-state index contributed by atoms with van der Waals surface area (Å²) in [5.41, 5.74) is 4.75. The van der Waals surface area contributed by atoms with Gasteiger partial charge in [-0.15, -0.1) is 0 Å². The van der Waals surface area contributed by atoms with E-state index in [1.807, 2.05) is 29.0 Å². The van der Waals surface area contributed by atoms with Crippen LogP contribution in [0.15, 0.2) is 69.0 Å². The average molecular weight is 489 g/mol. The van der Waals surface area contributed by atoms with E-state index in [1.165, 1.54) is 29.5 Å². The van der Waals surface area contributed by atoms with Crippen molar-refractivity contribution in [3.8, 4) is 11.3 Å². The highest BCUT2D eigenvalue weighted by atomic mass is 35.5. The summed E-state index contributed by atoms with van der Waals surface area (Å²) in [4.78, 5) is 15.5. The number of amides is 1. The summed E-state index contributed by atoms with van der Waals surface area (Å²) in [5, 5.41) is 5.27. The number of hydrogen-bond acceptors (Lipinski definition) is 8. The second-order valence-corrected chi connectivity index (χ2v) is 9.88. The molecule has 32 heavy (non-hydrogen) atoms. The van der Waals surface area contributed by atoms with E-state index in [0.717, 1.165) is 17.1 Å². The van der Waals surface area contributed by atoms with E-state index in [4.69, 9.17) is 16.0 Å². The molecule has 0 saturated heterocycles. The Morgan fingerprint density at radius 3 is 2.66 bits per heavy atom. The van der Waals surface area contributed by atoms with Crippen LogP contribution in [0.5, 0.6) is 0 Å². The lowest BCUT2D eigenvalue weighted by Gasteiger charge is -2.07. The molecule has 0 spiro atoms. The Morgan fingerprint density at radius 1 is 1.12 bits per heavy atom. The summed E-state index contributed by atoms with van der Waals surface area (Å²) >= 11 is 7.75. The van der Waals surface area contributed by atoms with Gasteiger partial charge in [-0.25, -0.2) is 18.1 Å². The number of halogens is 1. The van der Waals surface area contributed by atoms with Crippen LogP contribution in [-0.2, 0) is 14.8 Å². The number of fused-ring (bicyclic) bond motifs is 1. The van der Waals surface area contributed by atoms with Crippen LogP contribution in [0.3, 0.4) is 0 Å². The van der Waals surface area contributed by atoms with Crippen LogP contribution < -0.4 is 10.1 Å². The molecule has 0 unspecified atom stereocenters. The van der Waals surface area contributed by atoms with Crippen LogP contribution in [0.25, 0.3) is 21.5 Å². The van der Waals surface area contributed by atoms with Crippen molar-refractivity contribution in [2.24, 2.45) is 5.10 Å². The number of nitrogens with one attached hydrogen (secondary N) is 2. The van der Waals surface area contributed by atoms with Crippen LogP contribution in [0.2, 0.25) is 5.02 Å². The molecule has 8 nitrogen and oxygen atoms in total. The number of carbonyl (C=O) groups excluding carboxylic acids is 1. The molecule has 0 fully saturated rings. The first-order valence-corrected chi connectivity index (χ1v) is 12.0. The van der Waals surface area contributed by atoms with Gasteiger partial charge in [0.25, 0.3) is 10.0 Å². The normalized spacial score (nSPS) is 12.2. The predicted molar refractivity (Wildman–Crippen MR) is 126 cm³/mol. The van der Waals surface area contributed by atoms with E-state index in [-0.39, 0.29) is 4.90 Å². The molecule has 0 bridgehead atoms. The average Bonchev–Trinajstić information content (AvgIpc) is 3.38. The van der Waals surface area contributed by atoms with Gasteiger partial charge in [0.15, 0.2) is 5.76 Å². The molecule has 2 aromatic carbocycles. The van der Waals surface area contributed by atoms with Gasteiger partial charge in [-0.2, -0.15) is 5.10 Å². The summed E-state index contributed by atoms with van der Waals surface area (Å²) < 4.78 is 33.4. The number of hydrogen-bond donors (Lipinski definition) is 2. The Bertz CT molecular complexity index is 1420. The lowest BCUT2D eigenvalue weighted by atomic mass is 10.2. The molecule has 0 radical (unpaired) electrons. The number of sulfonamides is 1. The SMILES string of the molecule is CC(=O)NS(=O)(=O)c1ccc(Cl)c(-c2ccc(C(C)=NNc3nc4ccccc4s3)o2)c1. The third-order valence-electron chi connectivity index (χ3n) is 4.37. The van der Waals surface area contributed by atoms with Crippen molar-refractivity contribution in [3.05, 3.63) is 65.4 Å². The van der Waals surface area contributed by atoms with E-state index < -0.39 is 15.9 Å². The molecule has 4 rings (SSSR count). The van der Waals surface area contributed by atoms with Gasteiger partial charge < -0.3 is 4.42 Å². The molecule has 0 aliphatic rings. The highest BCUT2D eigenvalue weighted by Gasteiger charge is 2.19. The number of rotatable bonds is 6. The van der Waals surface area contributed by atoms with Gasteiger partial charge in [0.1, 0.15) is 11.5 Å².